The van der Waals surface area contributed by atoms with Gasteiger partial charge in [-0.3, -0.25) is 4.98 Å². The van der Waals surface area contributed by atoms with Crippen molar-refractivity contribution in [2.45, 2.75) is 51.4 Å². The zero-order valence-corrected chi connectivity index (χ0v) is 16.6. The fraction of sp³-hybridized carbons (Fsp3) is 0.348. The highest BCUT2D eigenvalue weighted by atomic mass is 16.5. The third-order valence-electron chi connectivity index (χ3n) is 5.90. The van der Waals surface area contributed by atoms with Gasteiger partial charge >= 0.3 is 0 Å². The number of fused-ring (bicyclic) bond motifs is 2. The summed E-state index contributed by atoms with van der Waals surface area (Å²) in [6.07, 6.45) is 10.8. The predicted molar refractivity (Wildman–Crippen MR) is 115 cm³/mol. The summed E-state index contributed by atoms with van der Waals surface area (Å²) >= 11 is 0. The van der Waals surface area contributed by atoms with Gasteiger partial charge in [-0.25, -0.2) is 9.97 Å². The molecule has 0 spiro atoms. The number of nitrogens with zero attached hydrogens (tertiary/aromatic N) is 4. The third-order valence-corrected chi connectivity index (χ3v) is 5.90. The van der Waals surface area contributed by atoms with Gasteiger partial charge in [0.25, 0.3) is 0 Å². The van der Waals surface area contributed by atoms with Crippen molar-refractivity contribution in [3.8, 4) is 0 Å². The van der Waals surface area contributed by atoms with Gasteiger partial charge in [-0.05, 0) is 61.4 Å². The van der Waals surface area contributed by atoms with E-state index >= 15 is 0 Å². The number of nitrogens with two attached hydrogens (primary N) is 1. The first-order chi connectivity index (χ1) is 14.2. The van der Waals surface area contributed by atoms with Crippen LogP contribution in [0.2, 0.25) is 0 Å². The van der Waals surface area contributed by atoms with Gasteiger partial charge in [-0.2, -0.15) is 0 Å². The number of aromatic nitrogens is 4. The maximum Gasteiger partial charge on any atom is 0.147 e. The van der Waals surface area contributed by atoms with Crippen molar-refractivity contribution in [1.29, 1.82) is 0 Å². The van der Waals surface area contributed by atoms with E-state index < -0.39 is 0 Å². The van der Waals surface area contributed by atoms with Gasteiger partial charge in [-0.1, -0.05) is 19.1 Å². The molecule has 0 saturated carbocycles. The fourth-order valence-corrected chi connectivity index (χ4v) is 4.22. The van der Waals surface area contributed by atoms with Gasteiger partial charge in [0.1, 0.15) is 24.0 Å². The van der Waals surface area contributed by atoms with Crippen LogP contribution < -0.4 is 5.73 Å². The molecular weight excluding hydrogens is 362 g/mol. The van der Waals surface area contributed by atoms with Gasteiger partial charge < -0.3 is 15.0 Å². The first-order valence-corrected chi connectivity index (χ1v) is 10.3. The largest absolute Gasteiger partial charge is 0.383 e. The molecule has 3 aromatic heterocycles. The summed E-state index contributed by atoms with van der Waals surface area (Å²) in [6.45, 7) is 2.16. The summed E-state index contributed by atoms with van der Waals surface area (Å²) < 4.78 is 8.42. The lowest BCUT2D eigenvalue weighted by Gasteiger charge is -2.16. The van der Waals surface area contributed by atoms with Crippen LogP contribution in [0.4, 0.5) is 5.82 Å². The highest BCUT2D eigenvalue weighted by Gasteiger charge is 2.27. The van der Waals surface area contributed by atoms with E-state index in [0.717, 1.165) is 48.7 Å². The minimum absolute atomic E-state index is 0.0116. The van der Waals surface area contributed by atoms with E-state index in [-0.39, 0.29) is 12.3 Å². The molecule has 0 radical (unpaired) electrons. The summed E-state index contributed by atoms with van der Waals surface area (Å²) in [5.41, 5.74) is 10.5. The van der Waals surface area contributed by atoms with Gasteiger partial charge in [0.05, 0.1) is 17.0 Å². The van der Waals surface area contributed by atoms with Crippen LogP contribution in [0.1, 0.15) is 43.5 Å². The van der Waals surface area contributed by atoms with Crippen LogP contribution in [0, 0.1) is 0 Å². The number of anilines is 1. The second-order valence-corrected chi connectivity index (χ2v) is 7.77. The van der Waals surface area contributed by atoms with E-state index in [0.29, 0.717) is 5.82 Å². The van der Waals surface area contributed by atoms with Gasteiger partial charge in [0.15, 0.2) is 0 Å². The molecule has 6 nitrogen and oxygen atoms in total. The van der Waals surface area contributed by atoms with Gasteiger partial charge in [0.2, 0.25) is 0 Å². The second kappa shape index (κ2) is 7.44. The summed E-state index contributed by atoms with van der Waals surface area (Å²) in [4.78, 5) is 13.1. The average molecular weight is 387 g/mol. The Morgan fingerprint density at radius 1 is 1.10 bits per heavy atom. The summed E-state index contributed by atoms with van der Waals surface area (Å²) in [5, 5.41) is 2.10. The number of benzene rings is 1. The number of hydrogen-bond acceptors (Lipinski definition) is 5. The van der Waals surface area contributed by atoms with E-state index in [1.807, 2.05) is 18.5 Å². The Morgan fingerprint density at radius 3 is 2.93 bits per heavy atom. The Bertz CT molecular complexity index is 1170. The van der Waals surface area contributed by atoms with Crippen LogP contribution in [0.25, 0.3) is 21.9 Å². The Balaban J connectivity index is 1.25. The minimum Gasteiger partial charge on any atom is -0.383 e. The first kappa shape index (κ1) is 18.1. The van der Waals surface area contributed by atoms with Crippen molar-refractivity contribution in [1.82, 2.24) is 19.5 Å². The molecule has 4 aromatic rings. The van der Waals surface area contributed by atoms with Crippen LogP contribution in [-0.2, 0) is 17.6 Å². The minimum atomic E-state index is 0.0116. The Kier molecular flexibility index (Phi) is 4.64. The molecule has 1 aliphatic rings. The Morgan fingerprint density at radius 2 is 2.03 bits per heavy atom. The van der Waals surface area contributed by atoms with Crippen molar-refractivity contribution < 1.29 is 4.74 Å². The molecule has 6 heteroatoms. The monoisotopic (exact) mass is 387 g/mol. The number of pyridine rings is 1. The highest BCUT2D eigenvalue weighted by molar-refractivity contribution is 5.86. The number of hydrogen-bond donors (Lipinski definition) is 1. The number of nitrogen functional groups attached to an aromatic ring is 1. The van der Waals surface area contributed by atoms with Crippen molar-refractivity contribution in [2.24, 2.45) is 0 Å². The molecule has 148 valence electrons. The molecule has 0 amide bonds. The smallest absolute Gasteiger partial charge is 0.147 e. The van der Waals surface area contributed by atoms with Crippen molar-refractivity contribution in [3.05, 3.63) is 60.2 Å². The van der Waals surface area contributed by atoms with Crippen LogP contribution in [-0.4, -0.2) is 25.6 Å². The normalized spacial score (nSPS) is 19.3. The van der Waals surface area contributed by atoms with Crippen LogP contribution in [0.5, 0.6) is 0 Å². The van der Waals surface area contributed by atoms with Crippen molar-refractivity contribution in [3.63, 3.8) is 0 Å². The quantitative estimate of drug-likeness (QED) is 0.548. The second-order valence-electron chi connectivity index (χ2n) is 7.77. The molecule has 2 unspecified atom stereocenters. The number of aryl methyl sites for hydroxylation is 2. The van der Waals surface area contributed by atoms with Gasteiger partial charge in [0, 0.05) is 17.8 Å². The highest BCUT2D eigenvalue weighted by Crippen LogP contribution is 2.33. The SMILES string of the molecule is CCc1cnc2cc(CCC3CCC(n4ccc5c(N)ncnc54)O3)ccc2c1. The molecule has 4 heterocycles. The standard InChI is InChI=1S/C23H25N5O/c1-2-15-11-17-5-3-16(12-20(17)25-13-15)4-6-18-7-8-21(29-18)28-10-9-19-22(24)26-14-27-23(19)28/h3,5,9-14,18,21H,2,4,6-8H2,1H3,(H2,24,26,27). The topological polar surface area (TPSA) is 78.9 Å². The summed E-state index contributed by atoms with van der Waals surface area (Å²) in [6, 6.07) is 10.8. The molecule has 1 saturated heterocycles. The lowest BCUT2D eigenvalue weighted by Crippen LogP contribution is -2.12. The lowest BCUT2D eigenvalue weighted by molar-refractivity contribution is 0.00120. The molecular formula is C23H25N5O. The molecule has 1 aromatic carbocycles. The zero-order chi connectivity index (χ0) is 19.8. The van der Waals surface area contributed by atoms with Crippen molar-refractivity contribution in [2.75, 3.05) is 5.73 Å². The first-order valence-electron chi connectivity index (χ1n) is 10.3. The Labute approximate surface area is 169 Å². The van der Waals surface area contributed by atoms with Crippen LogP contribution in [0.15, 0.2) is 49.1 Å². The van der Waals surface area contributed by atoms with E-state index in [2.05, 4.69) is 50.7 Å². The van der Waals surface area contributed by atoms with E-state index in [9.17, 15) is 0 Å². The summed E-state index contributed by atoms with van der Waals surface area (Å²) in [7, 11) is 0. The molecule has 5 rings (SSSR count). The van der Waals surface area contributed by atoms with Gasteiger partial charge in [-0.15, -0.1) is 0 Å². The molecule has 29 heavy (non-hydrogen) atoms. The molecule has 1 aliphatic heterocycles. The predicted octanol–water partition coefficient (Wildman–Crippen LogP) is 4.43. The molecule has 1 fully saturated rings. The van der Waals surface area contributed by atoms with E-state index in [1.165, 1.54) is 22.8 Å². The average Bonchev–Trinajstić information content (AvgIpc) is 3.39. The number of rotatable bonds is 5. The lowest BCUT2D eigenvalue weighted by atomic mass is 10.0. The Hall–Kier alpha value is -2.99. The molecule has 0 aliphatic carbocycles. The maximum atomic E-state index is 6.34. The molecule has 2 atom stereocenters. The van der Waals surface area contributed by atoms with Crippen molar-refractivity contribution >= 4 is 27.8 Å². The zero-order valence-electron chi connectivity index (χ0n) is 16.6. The number of ether oxygens (including phenoxy) is 1. The molecule has 0 bridgehead atoms. The maximum absolute atomic E-state index is 6.34. The van der Waals surface area contributed by atoms with E-state index in [4.69, 9.17) is 10.5 Å². The van der Waals surface area contributed by atoms with E-state index in [1.54, 1.807) is 0 Å². The molecule has 2 N–H and O–H groups in total. The van der Waals surface area contributed by atoms with Crippen LogP contribution in [0.3, 0.4) is 0 Å². The van der Waals surface area contributed by atoms with Crippen LogP contribution >= 0.6 is 0 Å². The third kappa shape index (κ3) is 3.44. The fourth-order valence-electron chi connectivity index (χ4n) is 4.22. The summed E-state index contributed by atoms with van der Waals surface area (Å²) in [5.74, 6) is 0.513.